The van der Waals surface area contributed by atoms with E-state index in [0.29, 0.717) is 17.9 Å². The van der Waals surface area contributed by atoms with Crippen LogP contribution in [0.5, 0.6) is 0 Å². The van der Waals surface area contributed by atoms with Crippen LogP contribution in [0.15, 0.2) is 47.5 Å². The lowest BCUT2D eigenvalue weighted by molar-refractivity contribution is 0.0706. The van der Waals surface area contributed by atoms with Gasteiger partial charge in [0.1, 0.15) is 17.8 Å². The number of hydrogen-bond acceptors (Lipinski definition) is 6. The van der Waals surface area contributed by atoms with Crippen molar-refractivity contribution in [2.24, 2.45) is 0 Å². The van der Waals surface area contributed by atoms with Gasteiger partial charge in [-0.2, -0.15) is 11.3 Å². The molecule has 1 fully saturated rings. The number of anilines is 1. The van der Waals surface area contributed by atoms with E-state index in [1.165, 1.54) is 6.33 Å². The summed E-state index contributed by atoms with van der Waals surface area (Å²) in [5.74, 6) is 6.82. The Kier molecular flexibility index (Phi) is 6.30. The summed E-state index contributed by atoms with van der Waals surface area (Å²) in [7, 11) is 0. The molecule has 0 saturated carbocycles. The van der Waals surface area contributed by atoms with Gasteiger partial charge >= 0.3 is 0 Å². The maximum absolute atomic E-state index is 12.7. The van der Waals surface area contributed by atoms with Crippen LogP contribution in [-0.2, 0) is 11.3 Å². The lowest BCUT2D eigenvalue weighted by Crippen LogP contribution is -2.22. The zero-order valence-corrected chi connectivity index (χ0v) is 19.7. The molecule has 1 aromatic carbocycles. The summed E-state index contributed by atoms with van der Waals surface area (Å²) in [6.07, 6.45) is 5.35. The number of amides is 1. The van der Waals surface area contributed by atoms with E-state index in [1.807, 2.05) is 48.1 Å². The number of carbonyl (C=O) groups is 1. The van der Waals surface area contributed by atoms with Crippen molar-refractivity contribution < 1.29 is 9.53 Å². The number of rotatable bonds is 4. The second kappa shape index (κ2) is 9.67. The highest BCUT2D eigenvalue weighted by Gasteiger charge is 2.21. The Hall–Kier alpha value is -3.67. The number of aryl methyl sites for hydroxylation is 1. The van der Waals surface area contributed by atoms with Gasteiger partial charge in [-0.15, -0.1) is 0 Å². The van der Waals surface area contributed by atoms with Crippen molar-refractivity contribution in [2.75, 3.05) is 18.9 Å². The molecule has 0 radical (unpaired) electrons. The van der Waals surface area contributed by atoms with Crippen LogP contribution in [0, 0.1) is 18.8 Å². The topological polar surface area (TPSA) is 95.1 Å². The third-order valence-corrected chi connectivity index (χ3v) is 6.82. The van der Waals surface area contributed by atoms with Crippen molar-refractivity contribution in [1.82, 2.24) is 19.9 Å². The Bertz CT molecular complexity index is 1390. The number of benzene rings is 1. The molecule has 0 aliphatic carbocycles. The van der Waals surface area contributed by atoms with E-state index in [0.717, 1.165) is 59.3 Å². The SMILES string of the molecule is Cc1ccc(C(=O)NCc2ccsc2)cc1C#Cc1cn(C2CCOCC2)c2ncnc(N)c12. The van der Waals surface area contributed by atoms with Gasteiger partial charge in [-0.3, -0.25) is 4.79 Å². The van der Waals surface area contributed by atoms with Gasteiger partial charge in [-0.05, 0) is 59.9 Å². The zero-order valence-electron chi connectivity index (χ0n) is 18.9. The van der Waals surface area contributed by atoms with Gasteiger partial charge in [0.25, 0.3) is 5.91 Å². The number of thiophene rings is 1. The maximum atomic E-state index is 12.7. The number of nitrogens with zero attached hydrogens (tertiary/aromatic N) is 3. The Morgan fingerprint density at radius 1 is 1.24 bits per heavy atom. The van der Waals surface area contributed by atoms with Crippen LogP contribution in [0.3, 0.4) is 0 Å². The quantitative estimate of drug-likeness (QED) is 0.438. The van der Waals surface area contributed by atoms with Crippen LogP contribution >= 0.6 is 11.3 Å². The number of fused-ring (bicyclic) bond motifs is 1. The largest absolute Gasteiger partial charge is 0.383 e. The summed E-state index contributed by atoms with van der Waals surface area (Å²) >= 11 is 1.61. The lowest BCUT2D eigenvalue weighted by Gasteiger charge is -2.23. The van der Waals surface area contributed by atoms with Crippen molar-refractivity contribution in [3.05, 3.63) is 75.4 Å². The number of hydrogen-bond donors (Lipinski definition) is 2. The van der Waals surface area contributed by atoms with E-state index < -0.39 is 0 Å². The number of nitrogen functional groups attached to an aromatic ring is 1. The van der Waals surface area contributed by atoms with Gasteiger partial charge in [0.05, 0.1) is 10.9 Å². The molecule has 0 unspecified atom stereocenters. The Morgan fingerprint density at radius 3 is 2.85 bits per heavy atom. The number of nitrogens with one attached hydrogen (secondary N) is 1. The molecule has 5 rings (SSSR count). The van der Waals surface area contributed by atoms with E-state index in [4.69, 9.17) is 10.5 Å². The van der Waals surface area contributed by atoms with Crippen molar-refractivity contribution in [3.8, 4) is 11.8 Å². The molecule has 4 aromatic rings. The van der Waals surface area contributed by atoms with Crippen LogP contribution in [-0.4, -0.2) is 33.7 Å². The predicted molar refractivity (Wildman–Crippen MR) is 134 cm³/mol. The fourth-order valence-electron chi connectivity index (χ4n) is 4.16. The first-order valence-electron chi connectivity index (χ1n) is 11.2. The van der Waals surface area contributed by atoms with E-state index in [1.54, 1.807) is 11.3 Å². The molecule has 4 heterocycles. The van der Waals surface area contributed by atoms with Gasteiger partial charge in [-0.1, -0.05) is 17.9 Å². The standard InChI is InChI=1S/C26H25N5O2S/c1-17-2-3-20(26(32)28-13-18-8-11-34-15-18)12-19(17)4-5-21-14-31(22-6-9-33-10-7-22)25-23(21)24(27)29-16-30-25/h2-3,8,11-12,14-16,22H,6-7,9-10,13H2,1H3,(H,28,32)(H2,27,29,30). The molecule has 0 spiro atoms. The molecule has 1 saturated heterocycles. The summed E-state index contributed by atoms with van der Waals surface area (Å²) in [4.78, 5) is 21.4. The fraction of sp³-hybridized carbons (Fsp3) is 0.269. The van der Waals surface area contributed by atoms with E-state index in [2.05, 4.69) is 31.7 Å². The zero-order chi connectivity index (χ0) is 23.5. The van der Waals surface area contributed by atoms with Gasteiger partial charge in [0.2, 0.25) is 0 Å². The summed E-state index contributed by atoms with van der Waals surface area (Å²) in [6, 6.07) is 7.88. The number of ether oxygens (including phenoxy) is 1. The Labute approximate surface area is 202 Å². The molecule has 172 valence electrons. The van der Waals surface area contributed by atoms with Gasteiger partial charge in [0, 0.05) is 43.1 Å². The molecule has 34 heavy (non-hydrogen) atoms. The molecule has 0 bridgehead atoms. The molecule has 3 aromatic heterocycles. The summed E-state index contributed by atoms with van der Waals surface area (Å²) in [5, 5.41) is 7.76. The number of nitrogens with two attached hydrogens (primary N) is 1. The van der Waals surface area contributed by atoms with Crippen LogP contribution in [0.2, 0.25) is 0 Å². The van der Waals surface area contributed by atoms with Gasteiger partial charge < -0.3 is 20.4 Å². The molecular formula is C26H25N5O2S. The molecule has 8 heteroatoms. The first-order chi connectivity index (χ1) is 16.6. The van der Waals surface area contributed by atoms with Crippen LogP contribution in [0.25, 0.3) is 11.0 Å². The fourth-order valence-corrected chi connectivity index (χ4v) is 4.82. The Morgan fingerprint density at radius 2 is 2.06 bits per heavy atom. The minimum atomic E-state index is -0.122. The molecule has 3 N–H and O–H groups in total. The van der Waals surface area contributed by atoms with Crippen LogP contribution in [0.1, 0.15) is 51.5 Å². The van der Waals surface area contributed by atoms with Gasteiger partial charge in [-0.25, -0.2) is 9.97 Å². The van der Waals surface area contributed by atoms with Crippen LogP contribution in [0.4, 0.5) is 5.82 Å². The summed E-state index contributed by atoms with van der Waals surface area (Å²) in [6.45, 7) is 3.95. The molecule has 7 nitrogen and oxygen atoms in total. The van der Waals surface area contributed by atoms with Crippen molar-refractivity contribution in [2.45, 2.75) is 32.4 Å². The average Bonchev–Trinajstić information content (AvgIpc) is 3.51. The minimum absolute atomic E-state index is 0.122. The maximum Gasteiger partial charge on any atom is 0.251 e. The van der Waals surface area contributed by atoms with Crippen molar-refractivity contribution in [3.63, 3.8) is 0 Å². The predicted octanol–water partition coefficient (Wildman–Crippen LogP) is 4.06. The van der Waals surface area contributed by atoms with E-state index in [9.17, 15) is 4.79 Å². The number of carbonyl (C=O) groups excluding carboxylic acids is 1. The van der Waals surface area contributed by atoms with Crippen molar-refractivity contribution >= 4 is 34.1 Å². The van der Waals surface area contributed by atoms with Crippen LogP contribution < -0.4 is 11.1 Å². The molecule has 1 aliphatic heterocycles. The average molecular weight is 472 g/mol. The second-order valence-corrected chi connectivity index (χ2v) is 9.13. The third-order valence-electron chi connectivity index (χ3n) is 6.09. The smallest absolute Gasteiger partial charge is 0.251 e. The molecular weight excluding hydrogens is 446 g/mol. The van der Waals surface area contributed by atoms with E-state index in [-0.39, 0.29) is 11.9 Å². The molecule has 1 amide bonds. The first-order valence-corrected chi connectivity index (χ1v) is 12.1. The monoisotopic (exact) mass is 471 g/mol. The summed E-state index contributed by atoms with van der Waals surface area (Å²) < 4.78 is 7.67. The highest BCUT2D eigenvalue weighted by atomic mass is 32.1. The molecule has 1 aliphatic rings. The minimum Gasteiger partial charge on any atom is -0.383 e. The van der Waals surface area contributed by atoms with Crippen molar-refractivity contribution in [1.29, 1.82) is 0 Å². The molecule has 0 atom stereocenters. The Balaban J connectivity index is 1.45. The van der Waals surface area contributed by atoms with Gasteiger partial charge in [0.15, 0.2) is 0 Å². The normalized spacial score (nSPS) is 14.0. The number of aromatic nitrogens is 3. The third kappa shape index (κ3) is 4.53. The first kappa shape index (κ1) is 22.1. The second-order valence-electron chi connectivity index (χ2n) is 8.35. The highest BCUT2D eigenvalue weighted by molar-refractivity contribution is 7.07. The summed E-state index contributed by atoms with van der Waals surface area (Å²) in [5.41, 5.74) is 11.3. The van der Waals surface area contributed by atoms with E-state index >= 15 is 0 Å². The highest BCUT2D eigenvalue weighted by Crippen LogP contribution is 2.30. The lowest BCUT2D eigenvalue weighted by atomic mass is 10.0.